The highest BCUT2D eigenvalue weighted by atomic mass is 79.9. The van der Waals surface area contributed by atoms with Crippen LogP contribution in [0.15, 0.2) is 47.4 Å². The van der Waals surface area contributed by atoms with Crippen molar-refractivity contribution >= 4 is 28.0 Å². The van der Waals surface area contributed by atoms with Crippen LogP contribution < -0.4 is 4.74 Å². The van der Waals surface area contributed by atoms with E-state index in [4.69, 9.17) is 4.74 Å². The summed E-state index contributed by atoms with van der Waals surface area (Å²) in [6.45, 7) is 6.18. The lowest BCUT2D eigenvalue weighted by atomic mass is 10.0. The molecule has 0 amide bonds. The van der Waals surface area contributed by atoms with Crippen LogP contribution in [0.2, 0.25) is 0 Å². The van der Waals surface area contributed by atoms with Gasteiger partial charge in [0.05, 0.1) is 5.56 Å². The van der Waals surface area contributed by atoms with Gasteiger partial charge in [-0.1, -0.05) is 54.0 Å². The number of esters is 1. The molecule has 114 valence electrons. The van der Waals surface area contributed by atoms with E-state index in [1.54, 1.807) is 17.1 Å². The molecular weight excluding hydrogens is 340 g/mol. The summed E-state index contributed by atoms with van der Waals surface area (Å²) in [5.74, 6) is 0.687. The lowest BCUT2D eigenvalue weighted by Crippen LogP contribution is -2.09. The highest BCUT2D eigenvalue weighted by Gasteiger charge is 2.11. The molecule has 0 spiro atoms. The monoisotopic (exact) mass is 358 g/mol. The van der Waals surface area contributed by atoms with Crippen molar-refractivity contribution in [2.24, 2.45) is 0 Å². The fraction of sp³-hybridized carbons (Fsp3) is 0.211. The molecule has 0 aliphatic carbocycles. The molecule has 0 aliphatic heterocycles. The van der Waals surface area contributed by atoms with E-state index in [1.165, 1.54) is 0 Å². The van der Waals surface area contributed by atoms with E-state index in [2.05, 4.69) is 35.8 Å². The van der Waals surface area contributed by atoms with Crippen LogP contribution in [0.4, 0.5) is 0 Å². The van der Waals surface area contributed by atoms with Crippen LogP contribution in [0.3, 0.4) is 0 Å². The van der Waals surface area contributed by atoms with Gasteiger partial charge in [0.2, 0.25) is 0 Å². The Labute approximate surface area is 139 Å². The summed E-state index contributed by atoms with van der Waals surface area (Å²) >= 11 is 3.23. The molecule has 0 radical (unpaired) electrons. The largest absolute Gasteiger partial charge is 0.423 e. The van der Waals surface area contributed by atoms with E-state index in [-0.39, 0.29) is 5.97 Å². The number of halogens is 1. The Morgan fingerprint density at radius 1 is 1.14 bits per heavy atom. The molecule has 2 aromatic carbocycles. The van der Waals surface area contributed by atoms with E-state index in [0.29, 0.717) is 17.2 Å². The van der Waals surface area contributed by atoms with Crippen LogP contribution in [0, 0.1) is 6.92 Å². The number of carbonyl (C=O) groups is 1. The topological polar surface area (TPSA) is 26.3 Å². The Hall–Kier alpha value is -1.87. The molecule has 0 saturated carbocycles. The van der Waals surface area contributed by atoms with Gasteiger partial charge in [-0.15, -0.1) is 0 Å². The smallest absolute Gasteiger partial charge is 0.343 e. The fourth-order valence-corrected chi connectivity index (χ4v) is 2.35. The fourth-order valence-electron chi connectivity index (χ4n) is 2.05. The maximum atomic E-state index is 12.3. The predicted octanol–water partition coefficient (Wildman–Crippen LogP) is 5.70. The molecule has 0 fully saturated rings. The van der Waals surface area contributed by atoms with E-state index < -0.39 is 0 Å². The Morgan fingerprint density at radius 2 is 1.82 bits per heavy atom. The number of ether oxygens (including phenoxy) is 1. The van der Waals surface area contributed by atoms with Gasteiger partial charge in [0.1, 0.15) is 5.75 Å². The van der Waals surface area contributed by atoms with Gasteiger partial charge in [-0.05, 0) is 58.8 Å². The summed E-state index contributed by atoms with van der Waals surface area (Å²) in [6.07, 6.45) is 1.91. The minimum absolute atomic E-state index is 0.335. The summed E-state index contributed by atoms with van der Waals surface area (Å²) < 4.78 is 5.56. The Morgan fingerprint density at radius 3 is 2.41 bits per heavy atom. The minimum Gasteiger partial charge on any atom is -0.423 e. The van der Waals surface area contributed by atoms with Crippen LogP contribution in [0.5, 0.6) is 5.75 Å². The first-order chi connectivity index (χ1) is 10.5. The van der Waals surface area contributed by atoms with Gasteiger partial charge in [-0.3, -0.25) is 0 Å². The molecule has 0 aliphatic rings. The zero-order valence-electron chi connectivity index (χ0n) is 13.0. The molecule has 0 heterocycles. The molecule has 0 bridgehead atoms. The maximum absolute atomic E-state index is 12.3. The van der Waals surface area contributed by atoms with E-state index >= 15 is 0 Å². The molecule has 2 nitrogen and oxygen atoms in total. The predicted molar refractivity (Wildman–Crippen MR) is 94.6 cm³/mol. The molecule has 0 atom stereocenters. The normalized spacial score (nSPS) is 11.1. The summed E-state index contributed by atoms with van der Waals surface area (Å²) in [5, 5.41) is 0. The van der Waals surface area contributed by atoms with E-state index in [9.17, 15) is 4.79 Å². The van der Waals surface area contributed by atoms with Crippen molar-refractivity contribution in [3.05, 3.63) is 69.7 Å². The molecule has 0 unspecified atom stereocenters. The Balaban J connectivity index is 2.19. The van der Waals surface area contributed by atoms with Gasteiger partial charge in [0.15, 0.2) is 0 Å². The molecule has 2 aromatic rings. The van der Waals surface area contributed by atoms with Gasteiger partial charge in [0.25, 0.3) is 0 Å². The number of benzene rings is 2. The van der Waals surface area contributed by atoms with Crippen molar-refractivity contribution in [3.63, 3.8) is 0 Å². The van der Waals surface area contributed by atoms with Crippen LogP contribution in [-0.4, -0.2) is 5.97 Å². The third kappa shape index (κ3) is 4.08. The molecule has 2 rings (SSSR count). The first-order valence-corrected chi connectivity index (χ1v) is 8.12. The molecule has 22 heavy (non-hydrogen) atoms. The van der Waals surface area contributed by atoms with Gasteiger partial charge < -0.3 is 4.74 Å². The molecule has 0 N–H and O–H groups in total. The van der Waals surface area contributed by atoms with Crippen molar-refractivity contribution in [3.8, 4) is 5.75 Å². The second-order valence-corrected chi connectivity index (χ2v) is 6.01. The second kappa shape index (κ2) is 7.41. The number of aryl methyl sites for hydroxylation is 1. The maximum Gasteiger partial charge on any atom is 0.343 e. The number of hydrogen-bond acceptors (Lipinski definition) is 2. The minimum atomic E-state index is -0.335. The average molecular weight is 359 g/mol. The quantitative estimate of drug-likeness (QED) is 0.517. The average Bonchev–Trinajstić information content (AvgIpc) is 2.50. The highest BCUT2D eigenvalue weighted by molar-refractivity contribution is 9.11. The third-order valence-electron chi connectivity index (χ3n) is 3.48. The SMILES string of the molecule is Cc1ccc(C(C)C)cc1OC(=O)c1ccc(/C=C\Br)cc1. The van der Waals surface area contributed by atoms with Crippen molar-refractivity contribution in [2.45, 2.75) is 26.7 Å². The van der Waals surface area contributed by atoms with Gasteiger partial charge in [-0.25, -0.2) is 4.79 Å². The lowest BCUT2D eigenvalue weighted by molar-refractivity contribution is 0.0733. The first kappa shape index (κ1) is 16.5. The summed E-state index contributed by atoms with van der Waals surface area (Å²) in [6, 6.07) is 13.3. The molecule has 0 saturated heterocycles. The van der Waals surface area contributed by atoms with Crippen molar-refractivity contribution in [1.29, 1.82) is 0 Å². The number of carbonyl (C=O) groups excluding carboxylic acids is 1. The second-order valence-electron chi connectivity index (χ2n) is 5.48. The zero-order valence-corrected chi connectivity index (χ0v) is 14.6. The standard InChI is InChI=1S/C19H19BrO2/c1-13(2)17-7-4-14(3)18(12-17)22-19(21)16-8-5-15(6-9-16)10-11-20/h4-13H,1-3H3/b11-10-. The van der Waals surface area contributed by atoms with E-state index in [1.807, 2.05) is 37.3 Å². The van der Waals surface area contributed by atoms with Crippen LogP contribution >= 0.6 is 15.9 Å². The third-order valence-corrected chi connectivity index (χ3v) is 3.75. The lowest BCUT2D eigenvalue weighted by Gasteiger charge is -2.11. The Kier molecular flexibility index (Phi) is 5.56. The van der Waals surface area contributed by atoms with Gasteiger partial charge in [-0.2, -0.15) is 0 Å². The molecular formula is C19H19BrO2. The van der Waals surface area contributed by atoms with Gasteiger partial charge >= 0.3 is 5.97 Å². The summed E-state index contributed by atoms with van der Waals surface area (Å²) in [7, 11) is 0. The van der Waals surface area contributed by atoms with Crippen LogP contribution in [-0.2, 0) is 0 Å². The molecule has 0 aromatic heterocycles. The van der Waals surface area contributed by atoms with E-state index in [0.717, 1.165) is 16.7 Å². The van der Waals surface area contributed by atoms with Gasteiger partial charge in [0, 0.05) is 0 Å². The molecule has 3 heteroatoms. The first-order valence-electron chi connectivity index (χ1n) is 7.21. The van der Waals surface area contributed by atoms with Crippen LogP contribution in [0.25, 0.3) is 6.08 Å². The van der Waals surface area contributed by atoms with Crippen molar-refractivity contribution < 1.29 is 9.53 Å². The number of rotatable bonds is 4. The van der Waals surface area contributed by atoms with Crippen molar-refractivity contribution in [2.75, 3.05) is 0 Å². The summed E-state index contributed by atoms with van der Waals surface area (Å²) in [5.41, 5.74) is 3.68. The number of hydrogen-bond donors (Lipinski definition) is 0. The summed E-state index contributed by atoms with van der Waals surface area (Å²) in [4.78, 5) is 14.0. The Bertz CT molecular complexity index is 685. The van der Waals surface area contributed by atoms with Crippen LogP contribution in [0.1, 0.15) is 46.8 Å². The van der Waals surface area contributed by atoms with Crippen molar-refractivity contribution in [1.82, 2.24) is 0 Å². The zero-order chi connectivity index (χ0) is 16.1. The highest BCUT2D eigenvalue weighted by Crippen LogP contribution is 2.25.